The van der Waals surface area contributed by atoms with Crippen LogP contribution in [0, 0.1) is 5.92 Å². The molecule has 1 aromatic carbocycles. The van der Waals surface area contributed by atoms with Crippen molar-refractivity contribution in [1.82, 2.24) is 4.31 Å². The molecule has 1 rings (SSSR count). The van der Waals surface area contributed by atoms with E-state index in [1.807, 2.05) is 13.8 Å². The third-order valence-electron chi connectivity index (χ3n) is 2.64. The quantitative estimate of drug-likeness (QED) is 0.833. The maximum absolute atomic E-state index is 12.2. The lowest BCUT2D eigenvalue weighted by Gasteiger charge is -2.18. The van der Waals surface area contributed by atoms with Gasteiger partial charge in [0.1, 0.15) is 5.75 Å². The number of benzene rings is 1. The first-order chi connectivity index (χ1) is 9.23. The van der Waals surface area contributed by atoms with Gasteiger partial charge in [0.15, 0.2) is 0 Å². The van der Waals surface area contributed by atoms with E-state index in [4.69, 9.17) is 4.74 Å². The first-order valence-electron chi connectivity index (χ1n) is 6.60. The molecule has 0 fully saturated rings. The summed E-state index contributed by atoms with van der Waals surface area (Å²) in [6.45, 7) is 6.30. The second-order valence-corrected chi connectivity index (χ2v) is 7.36. The summed E-state index contributed by atoms with van der Waals surface area (Å²) in [5.41, 5.74) is 0. The van der Waals surface area contributed by atoms with Gasteiger partial charge in [0.25, 0.3) is 0 Å². The molecule has 0 aliphatic heterocycles. The molecule has 6 heteroatoms. The first-order valence-corrected chi connectivity index (χ1v) is 8.04. The number of rotatable bonds is 7. The van der Waals surface area contributed by atoms with Gasteiger partial charge < -0.3 is 9.84 Å². The predicted octanol–water partition coefficient (Wildman–Crippen LogP) is 1.72. The van der Waals surface area contributed by atoms with Crippen LogP contribution in [0.2, 0.25) is 0 Å². The van der Waals surface area contributed by atoms with Crippen molar-refractivity contribution in [3.05, 3.63) is 24.3 Å². The van der Waals surface area contributed by atoms with Crippen molar-refractivity contribution >= 4 is 10.0 Å². The summed E-state index contributed by atoms with van der Waals surface area (Å²) in [5, 5.41) is 9.27. The molecule has 1 N–H and O–H groups in total. The zero-order valence-corrected chi connectivity index (χ0v) is 13.2. The third kappa shape index (κ3) is 4.77. The normalized spacial score (nSPS) is 13.8. The van der Waals surface area contributed by atoms with Gasteiger partial charge in [-0.2, -0.15) is 4.31 Å². The summed E-state index contributed by atoms with van der Waals surface area (Å²) in [4.78, 5) is 0.192. The van der Waals surface area contributed by atoms with E-state index >= 15 is 0 Å². The SMILES string of the molecule is CC(C)COc1ccc(S(=O)(=O)N(C)CC(C)O)cc1. The third-order valence-corrected chi connectivity index (χ3v) is 4.47. The van der Waals surface area contributed by atoms with Crippen molar-refractivity contribution in [3.8, 4) is 5.75 Å². The lowest BCUT2D eigenvalue weighted by Crippen LogP contribution is -2.33. The topological polar surface area (TPSA) is 66.8 Å². The van der Waals surface area contributed by atoms with Crippen LogP contribution >= 0.6 is 0 Å². The number of aliphatic hydroxyl groups excluding tert-OH is 1. The number of nitrogens with zero attached hydrogens (tertiary/aromatic N) is 1. The van der Waals surface area contributed by atoms with Crippen molar-refractivity contribution in [2.24, 2.45) is 5.92 Å². The molecule has 114 valence electrons. The molecular formula is C14H23NO4S. The Labute approximate surface area is 121 Å². The van der Waals surface area contributed by atoms with Crippen LogP contribution in [-0.4, -0.2) is 44.1 Å². The molecular weight excluding hydrogens is 278 g/mol. The molecule has 0 amide bonds. The van der Waals surface area contributed by atoms with Gasteiger partial charge in [0.05, 0.1) is 17.6 Å². The van der Waals surface area contributed by atoms with E-state index in [-0.39, 0.29) is 11.4 Å². The molecule has 0 bridgehead atoms. The maximum Gasteiger partial charge on any atom is 0.242 e. The minimum Gasteiger partial charge on any atom is -0.493 e. The number of hydrogen-bond acceptors (Lipinski definition) is 4. The van der Waals surface area contributed by atoms with Crippen molar-refractivity contribution in [2.45, 2.75) is 31.8 Å². The Bertz CT molecular complexity index is 508. The van der Waals surface area contributed by atoms with Gasteiger partial charge in [-0.1, -0.05) is 13.8 Å². The monoisotopic (exact) mass is 301 g/mol. The molecule has 0 saturated carbocycles. The summed E-state index contributed by atoms with van der Waals surface area (Å²) in [6, 6.07) is 6.32. The van der Waals surface area contributed by atoms with Crippen LogP contribution in [0.1, 0.15) is 20.8 Å². The summed E-state index contributed by atoms with van der Waals surface area (Å²) in [6.07, 6.45) is -0.705. The van der Waals surface area contributed by atoms with Gasteiger partial charge in [-0.15, -0.1) is 0 Å². The molecule has 0 spiro atoms. The molecule has 0 aromatic heterocycles. The largest absolute Gasteiger partial charge is 0.493 e. The fraction of sp³-hybridized carbons (Fsp3) is 0.571. The molecule has 20 heavy (non-hydrogen) atoms. The van der Waals surface area contributed by atoms with E-state index < -0.39 is 16.1 Å². The van der Waals surface area contributed by atoms with E-state index in [1.165, 1.54) is 19.2 Å². The van der Waals surface area contributed by atoms with Crippen LogP contribution < -0.4 is 4.74 Å². The molecule has 1 atom stereocenters. The van der Waals surface area contributed by atoms with E-state index in [1.54, 1.807) is 19.1 Å². The predicted molar refractivity (Wildman–Crippen MR) is 78.3 cm³/mol. The summed E-state index contributed by atoms with van der Waals surface area (Å²) >= 11 is 0. The van der Waals surface area contributed by atoms with Crippen LogP contribution in [0.5, 0.6) is 5.75 Å². The Morgan fingerprint density at radius 1 is 1.20 bits per heavy atom. The fourth-order valence-electron chi connectivity index (χ4n) is 1.62. The summed E-state index contributed by atoms with van der Waals surface area (Å²) in [5.74, 6) is 1.06. The number of aliphatic hydroxyl groups is 1. The van der Waals surface area contributed by atoms with Gasteiger partial charge in [0.2, 0.25) is 10.0 Å². The molecule has 5 nitrogen and oxygen atoms in total. The highest BCUT2D eigenvalue weighted by atomic mass is 32.2. The van der Waals surface area contributed by atoms with Gasteiger partial charge in [-0.05, 0) is 37.1 Å². The molecule has 0 aliphatic rings. The number of likely N-dealkylation sites (N-methyl/N-ethyl adjacent to an activating group) is 1. The Morgan fingerprint density at radius 2 is 1.75 bits per heavy atom. The van der Waals surface area contributed by atoms with Crippen molar-refractivity contribution in [3.63, 3.8) is 0 Å². The van der Waals surface area contributed by atoms with Crippen LogP contribution in [0.15, 0.2) is 29.2 Å². The van der Waals surface area contributed by atoms with Gasteiger partial charge in [-0.3, -0.25) is 0 Å². The second kappa shape index (κ2) is 7.06. The lowest BCUT2D eigenvalue weighted by atomic mass is 10.2. The second-order valence-electron chi connectivity index (χ2n) is 5.31. The van der Waals surface area contributed by atoms with E-state index in [0.717, 1.165) is 4.31 Å². The highest BCUT2D eigenvalue weighted by Gasteiger charge is 2.21. The van der Waals surface area contributed by atoms with Crippen molar-refractivity contribution in [2.75, 3.05) is 20.2 Å². The maximum atomic E-state index is 12.2. The van der Waals surface area contributed by atoms with Crippen LogP contribution in [0.4, 0.5) is 0 Å². The fourth-order valence-corrected chi connectivity index (χ4v) is 2.87. The molecule has 1 aromatic rings. The molecule has 1 unspecified atom stereocenters. The Kier molecular flexibility index (Phi) is 5.98. The summed E-state index contributed by atoms with van der Waals surface area (Å²) < 4.78 is 31.1. The Morgan fingerprint density at radius 3 is 2.20 bits per heavy atom. The van der Waals surface area contributed by atoms with Crippen LogP contribution in [0.3, 0.4) is 0 Å². The average Bonchev–Trinajstić information content (AvgIpc) is 2.36. The Balaban J connectivity index is 2.81. The van der Waals surface area contributed by atoms with Crippen LogP contribution in [-0.2, 0) is 10.0 Å². The number of sulfonamides is 1. The van der Waals surface area contributed by atoms with Crippen LogP contribution in [0.25, 0.3) is 0 Å². The molecule has 0 aliphatic carbocycles. The Hall–Kier alpha value is -1.11. The average molecular weight is 301 g/mol. The lowest BCUT2D eigenvalue weighted by molar-refractivity contribution is 0.171. The van der Waals surface area contributed by atoms with Gasteiger partial charge in [-0.25, -0.2) is 8.42 Å². The van der Waals surface area contributed by atoms with E-state index in [2.05, 4.69) is 0 Å². The van der Waals surface area contributed by atoms with E-state index in [0.29, 0.717) is 18.3 Å². The van der Waals surface area contributed by atoms with Crippen molar-refractivity contribution < 1.29 is 18.3 Å². The smallest absolute Gasteiger partial charge is 0.242 e. The van der Waals surface area contributed by atoms with Gasteiger partial charge in [0, 0.05) is 13.6 Å². The van der Waals surface area contributed by atoms with Gasteiger partial charge >= 0.3 is 0 Å². The molecule has 0 radical (unpaired) electrons. The molecule has 0 heterocycles. The minimum absolute atomic E-state index is 0.0634. The first kappa shape index (κ1) is 16.9. The highest BCUT2D eigenvalue weighted by Crippen LogP contribution is 2.19. The van der Waals surface area contributed by atoms with Crippen molar-refractivity contribution in [1.29, 1.82) is 0 Å². The zero-order valence-electron chi connectivity index (χ0n) is 12.4. The standard InChI is InChI=1S/C14H23NO4S/c1-11(2)10-19-13-5-7-14(8-6-13)20(17,18)15(4)9-12(3)16/h5-8,11-12,16H,9-10H2,1-4H3. The minimum atomic E-state index is -3.56. The zero-order chi connectivity index (χ0) is 15.3. The summed E-state index contributed by atoms with van der Waals surface area (Å²) in [7, 11) is -2.11. The number of hydrogen-bond donors (Lipinski definition) is 1. The molecule has 0 saturated heterocycles. The highest BCUT2D eigenvalue weighted by molar-refractivity contribution is 7.89. The number of ether oxygens (including phenoxy) is 1. The van der Waals surface area contributed by atoms with E-state index in [9.17, 15) is 13.5 Å².